The molecule has 16 heavy (non-hydrogen) atoms. The molecule has 0 saturated heterocycles. The van der Waals surface area contributed by atoms with Crippen LogP contribution in [0, 0.1) is 11.8 Å². The number of nitrogens with one attached hydrogen (secondary N) is 1. The maximum Gasteiger partial charge on any atom is 0.223 e. The van der Waals surface area contributed by atoms with Gasteiger partial charge in [-0.05, 0) is 31.6 Å². The Balaban J connectivity index is 2.39. The van der Waals surface area contributed by atoms with Gasteiger partial charge >= 0.3 is 0 Å². The molecule has 0 aliphatic heterocycles. The van der Waals surface area contributed by atoms with Crippen LogP contribution in [0.15, 0.2) is 0 Å². The van der Waals surface area contributed by atoms with E-state index < -0.39 is 0 Å². The van der Waals surface area contributed by atoms with Gasteiger partial charge in [-0.15, -0.1) is 0 Å². The molecule has 4 heteroatoms. The summed E-state index contributed by atoms with van der Waals surface area (Å²) in [4.78, 5) is 11.9. The quantitative estimate of drug-likeness (QED) is 0.661. The Hall–Kier alpha value is -0.610. The molecule has 1 rings (SSSR count). The summed E-state index contributed by atoms with van der Waals surface area (Å²) in [6.07, 6.45) is 3.62. The van der Waals surface area contributed by atoms with Gasteiger partial charge in [-0.2, -0.15) is 0 Å². The number of hydrogen-bond donors (Lipinski definition) is 3. The van der Waals surface area contributed by atoms with Gasteiger partial charge < -0.3 is 16.2 Å². The Morgan fingerprint density at radius 2 is 1.94 bits per heavy atom. The van der Waals surface area contributed by atoms with E-state index in [9.17, 15) is 4.79 Å². The molecule has 1 fully saturated rings. The molecular formula is C12H24N2O2. The molecule has 4 nitrogen and oxygen atoms in total. The number of aliphatic hydroxyl groups is 1. The summed E-state index contributed by atoms with van der Waals surface area (Å²) in [7, 11) is 0. The smallest absolute Gasteiger partial charge is 0.223 e. The van der Waals surface area contributed by atoms with Gasteiger partial charge in [0.15, 0.2) is 0 Å². The van der Waals surface area contributed by atoms with E-state index in [4.69, 9.17) is 10.8 Å². The highest BCUT2D eigenvalue weighted by molar-refractivity contribution is 5.79. The highest BCUT2D eigenvalue weighted by Crippen LogP contribution is 2.23. The summed E-state index contributed by atoms with van der Waals surface area (Å²) in [5, 5.41) is 12.1. The van der Waals surface area contributed by atoms with Crippen molar-refractivity contribution in [2.45, 2.75) is 51.6 Å². The number of nitrogens with two attached hydrogens (primary N) is 1. The third kappa shape index (κ3) is 3.76. The van der Waals surface area contributed by atoms with Crippen molar-refractivity contribution < 1.29 is 9.90 Å². The normalized spacial score (nSPS) is 27.8. The van der Waals surface area contributed by atoms with Crippen molar-refractivity contribution >= 4 is 5.91 Å². The Morgan fingerprint density at radius 1 is 1.38 bits per heavy atom. The fourth-order valence-electron chi connectivity index (χ4n) is 2.11. The lowest BCUT2D eigenvalue weighted by Gasteiger charge is -2.28. The Morgan fingerprint density at radius 3 is 2.38 bits per heavy atom. The Labute approximate surface area is 97.6 Å². The van der Waals surface area contributed by atoms with Crippen molar-refractivity contribution in [3.05, 3.63) is 0 Å². The Kier molecular flexibility index (Phi) is 5.22. The molecule has 4 N–H and O–H groups in total. The van der Waals surface area contributed by atoms with Gasteiger partial charge in [0.05, 0.1) is 12.6 Å². The minimum atomic E-state index is -0.122. The zero-order valence-electron chi connectivity index (χ0n) is 10.3. The first kappa shape index (κ1) is 13.5. The molecule has 0 aromatic carbocycles. The lowest BCUT2D eigenvalue weighted by molar-refractivity contribution is -0.127. The fourth-order valence-corrected chi connectivity index (χ4v) is 2.11. The minimum Gasteiger partial charge on any atom is -0.394 e. The summed E-state index contributed by atoms with van der Waals surface area (Å²) < 4.78 is 0. The van der Waals surface area contributed by atoms with Crippen LogP contribution < -0.4 is 11.1 Å². The maximum absolute atomic E-state index is 11.9. The summed E-state index contributed by atoms with van der Waals surface area (Å²) >= 11 is 0. The number of amides is 1. The van der Waals surface area contributed by atoms with Gasteiger partial charge in [0.25, 0.3) is 0 Å². The zero-order valence-corrected chi connectivity index (χ0v) is 10.3. The lowest BCUT2D eigenvalue weighted by atomic mass is 9.85. The highest BCUT2D eigenvalue weighted by atomic mass is 16.3. The van der Waals surface area contributed by atoms with Crippen molar-refractivity contribution in [3.8, 4) is 0 Å². The van der Waals surface area contributed by atoms with E-state index in [2.05, 4.69) is 5.32 Å². The van der Waals surface area contributed by atoms with Crippen LogP contribution >= 0.6 is 0 Å². The van der Waals surface area contributed by atoms with Gasteiger partial charge in [0.1, 0.15) is 0 Å². The molecule has 1 atom stereocenters. The van der Waals surface area contributed by atoms with Crippen LogP contribution in [0.2, 0.25) is 0 Å². The summed E-state index contributed by atoms with van der Waals surface area (Å²) in [5.41, 5.74) is 5.80. The predicted octanol–water partition coefficient (Wildman–Crippen LogP) is 0.637. The first-order chi connectivity index (χ1) is 7.54. The third-order valence-electron chi connectivity index (χ3n) is 3.47. The van der Waals surface area contributed by atoms with E-state index in [0.29, 0.717) is 0 Å². The fraction of sp³-hybridized carbons (Fsp3) is 0.917. The molecule has 0 spiro atoms. The van der Waals surface area contributed by atoms with Crippen molar-refractivity contribution in [1.29, 1.82) is 0 Å². The van der Waals surface area contributed by atoms with Gasteiger partial charge in [-0.25, -0.2) is 0 Å². The maximum atomic E-state index is 11.9. The monoisotopic (exact) mass is 228 g/mol. The average Bonchev–Trinajstić information content (AvgIpc) is 2.26. The predicted molar refractivity (Wildman–Crippen MR) is 63.8 cm³/mol. The molecule has 1 aliphatic carbocycles. The minimum absolute atomic E-state index is 0.00956. The number of aliphatic hydroxyl groups excluding tert-OH is 1. The lowest BCUT2D eigenvalue weighted by Crippen LogP contribution is -2.45. The molecule has 1 amide bonds. The molecule has 0 unspecified atom stereocenters. The van der Waals surface area contributed by atoms with Crippen LogP contribution in [0.1, 0.15) is 39.5 Å². The molecule has 1 saturated carbocycles. The average molecular weight is 228 g/mol. The van der Waals surface area contributed by atoms with Crippen molar-refractivity contribution in [2.24, 2.45) is 17.6 Å². The number of carbonyl (C=O) groups excluding carboxylic acids is 1. The molecule has 0 aromatic heterocycles. The molecular weight excluding hydrogens is 204 g/mol. The van der Waals surface area contributed by atoms with E-state index in [0.717, 1.165) is 25.7 Å². The summed E-state index contributed by atoms with van der Waals surface area (Å²) in [6, 6.07) is 0.144. The molecule has 0 radical (unpaired) electrons. The van der Waals surface area contributed by atoms with Gasteiger partial charge in [0, 0.05) is 12.0 Å². The number of carbonyl (C=O) groups is 1. The zero-order chi connectivity index (χ0) is 12.1. The van der Waals surface area contributed by atoms with Crippen LogP contribution in [0.5, 0.6) is 0 Å². The molecule has 0 bridgehead atoms. The van der Waals surface area contributed by atoms with Crippen molar-refractivity contribution in [1.82, 2.24) is 5.32 Å². The van der Waals surface area contributed by atoms with E-state index in [1.165, 1.54) is 0 Å². The summed E-state index contributed by atoms with van der Waals surface area (Å²) in [6.45, 7) is 4.01. The molecule has 0 heterocycles. The van der Waals surface area contributed by atoms with Gasteiger partial charge in [-0.3, -0.25) is 4.79 Å². The SMILES string of the molecule is CC(C)[C@@H](CO)NC(=O)C1CCC(N)CC1. The second-order valence-corrected chi connectivity index (χ2v) is 5.15. The van der Waals surface area contributed by atoms with Crippen molar-refractivity contribution in [3.63, 3.8) is 0 Å². The number of rotatable bonds is 4. The molecule has 0 aromatic rings. The van der Waals surface area contributed by atoms with E-state index in [-0.39, 0.29) is 36.4 Å². The van der Waals surface area contributed by atoms with E-state index in [1.807, 2.05) is 13.8 Å². The van der Waals surface area contributed by atoms with Crippen molar-refractivity contribution in [2.75, 3.05) is 6.61 Å². The number of hydrogen-bond acceptors (Lipinski definition) is 3. The first-order valence-corrected chi connectivity index (χ1v) is 6.21. The second-order valence-electron chi connectivity index (χ2n) is 5.15. The molecule has 94 valence electrons. The second kappa shape index (κ2) is 6.21. The van der Waals surface area contributed by atoms with Gasteiger partial charge in [-0.1, -0.05) is 13.8 Å². The molecule has 1 aliphatic rings. The van der Waals surface area contributed by atoms with E-state index >= 15 is 0 Å². The topological polar surface area (TPSA) is 75.3 Å². The Bertz CT molecular complexity index is 223. The first-order valence-electron chi connectivity index (χ1n) is 6.21. The third-order valence-corrected chi connectivity index (χ3v) is 3.47. The summed E-state index contributed by atoms with van der Waals surface area (Å²) in [5.74, 6) is 0.437. The van der Waals surface area contributed by atoms with Crippen LogP contribution in [-0.4, -0.2) is 29.7 Å². The van der Waals surface area contributed by atoms with Crippen LogP contribution in [0.3, 0.4) is 0 Å². The standard InChI is InChI=1S/C12H24N2O2/c1-8(2)11(7-15)14-12(16)9-3-5-10(13)6-4-9/h8-11,15H,3-7,13H2,1-2H3,(H,14,16)/t9?,10?,11-/m1/s1. The van der Waals surface area contributed by atoms with E-state index in [1.54, 1.807) is 0 Å². The van der Waals surface area contributed by atoms with Crippen LogP contribution in [-0.2, 0) is 4.79 Å². The van der Waals surface area contributed by atoms with Gasteiger partial charge in [0.2, 0.25) is 5.91 Å². The van der Waals surface area contributed by atoms with Crippen LogP contribution in [0.4, 0.5) is 0 Å². The largest absolute Gasteiger partial charge is 0.394 e. The highest BCUT2D eigenvalue weighted by Gasteiger charge is 2.26. The van der Waals surface area contributed by atoms with Crippen LogP contribution in [0.25, 0.3) is 0 Å².